The Hall–Kier alpha value is -1.18. The highest BCUT2D eigenvalue weighted by Crippen LogP contribution is 2.17. The first-order valence-electron chi connectivity index (χ1n) is 4.08. The van der Waals surface area contributed by atoms with E-state index in [1.807, 2.05) is 12.1 Å². The fraction of sp³-hybridized carbons (Fsp3) is 0.400. The molecule has 2 nitrogen and oxygen atoms in total. The van der Waals surface area contributed by atoms with Gasteiger partial charge in [0.25, 0.3) is 0 Å². The van der Waals surface area contributed by atoms with E-state index in [4.69, 9.17) is 0 Å². The van der Waals surface area contributed by atoms with Gasteiger partial charge < -0.3 is 0 Å². The second-order valence-electron chi connectivity index (χ2n) is 3.15. The van der Waals surface area contributed by atoms with E-state index in [0.29, 0.717) is 11.6 Å². The van der Waals surface area contributed by atoms with Crippen LogP contribution in [0.5, 0.6) is 0 Å². The van der Waals surface area contributed by atoms with Crippen LogP contribution in [0.3, 0.4) is 0 Å². The molecule has 0 amide bonds. The molecule has 0 unspecified atom stereocenters. The predicted octanol–water partition coefficient (Wildman–Crippen LogP) is 2.41. The summed E-state index contributed by atoms with van der Waals surface area (Å²) >= 11 is 0. The number of hydrogen-bond acceptors (Lipinski definition) is 2. The summed E-state index contributed by atoms with van der Waals surface area (Å²) in [4.78, 5) is 15.2. The average Bonchev–Trinajstić information content (AvgIpc) is 2.04. The van der Waals surface area contributed by atoms with Crippen LogP contribution in [0.4, 0.5) is 0 Å². The van der Waals surface area contributed by atoms with Crippen LogP contribution in [0, 0.1) is 0 Å². The van der Waals surface area contributed by atoms with E-state index in [-0.39, 0.29) is 5.78 Å². The molecule has 0 bridgehead atoms. The third-order valence-electron chi connectivity index (χ3n) is 1.79. The molecule has 0 aliphatic carbocycles. The van der Waals surface area contributed by atoms with E-state index in [1.54, 1.807) is 13.1 Å². The van der Waals surface area contributed by atoms with Crippen molar-refractivity contribution in [3.63, 3.8) is 0 Å². The zero-order valence-electron chi connectivity index (χ0n) is 7.66. The Morgan fingerprint density at radius 3 is 2.58 bits per heavy atom. The predicted molar refractivity (Wildman–Crippen MR) is 48.3 cm³/mol. The molecule has 64 valence electrons. The van der Waals surface area contributed by atoms with E-state index in [1.165, 1.54) is 0 Å². The van der Waals surface area contributed by atoms with E-state index in [0.717, 1.165) is 5.56 Å². The van der Waals surface area contributed by atoms with Gasteiger partial charge in [-0.05, 0) is 17.5 Å². The SMILES string of the molecule is CC(=O)c1ncccc1C(C)C. The summed E-state index contributed by atoms with van der Waals surface area (Å²) in [6.45, 7) is 5.67. The summed E-state index contributed by atoms with van der Waals surface area (Å²) in [5.41, 5.74) is 1.64. The van der Waals surface area contributed by atoms with Gasteiger partial charge in [0.05, 0.1) is 0 Å². The van der Waals surface area contributed by atoms with Crippen molar-refractivity contribution in [3.8, 4) is 0 Å². The number of ketones is 1. The quantitative estimate of drug-likeness (QED) is 0.626. The number of carbonyl (C=O) groups is 1. The Morgan fingerprint density at radius 2 is 2.17 bits per heavy atom. The fourth-order valence-corrected chi connectivity index (χ4v) is 1.18. The van der Waals surface area contributed by atoms with E-state index in [2.05, 4.69) is 18.8 Å². The Kier molecular flexibility index (Phi) is 2.58. The number of hydrogen-bond donors (Lipinski definition) is 0. The van der Waals surface area contributed by atoms with Crippen LogP contribution in [0.15, 0.2) is 18.3 Å². The molecular formula is C10H13NO. The van der Waals surface area contributed by atoms with Crippen molar-refractivity contribution in [1.29, 1.82) is 0 Å². The Labute approximate surface area is 72.6 Å². The van der Waals surface area contributed by atoms with Gasteiger partial charge in [-0.15, -0.1) is 0 Å². The Balaban J connectivity index is 3.17. The molecule has 0 saturated heterocycles. The molecule has 0 atom stereocenters. The molecule has 0 spiro atoms. The van der Waals surface area contributed by atoms with Gasteiger partial charge in [-0.2, -0.15) is 0 Å². The molecule has 0 fully saturated rings. The molecule has 1 rings (SSSR count). The highest BCUT2D eigenvalue weighted by Gasteiger charge is 2.09. The molecule has 0 aliphatic heterocycles. The minimum Gasteiger partial charge on any atom is -0.293 e. The minimum absolute atomic E-state index is 0.0410. The smallest absolute Gasteiger partial charge is 0.178 e. The van der Waals surface area contributed by atoms with Crippen molar-refractivity contribution in [1.82, 2.24) is 4.98 Å². The maximum atomic E-state index is 11.1. The second-order valence-corrected chi connectivity index (χ2v) is 3.15. The first-order chi connectivity index (χ1) is 5.63. The molecule has 2 heteroatoms. The fourth-order valence-electron chi connectivity index (χ4n) is 1.18. The number of aromatic nitrogens is 1. The lowest BCUT2D eigenvalue weighted by molar-refractivity contribution is 0.101. The summed E-state index contributed by atoms with van der Waals surface area (Å²) in [5.74, 6) is 0.400. The summed E-state index contributed by atoms with van der Waals surface area (Å²) < 4.78 is 0. The number of pyridine rings is 1. The first kappa shape index (κ1) is 8.91. The standard InChI is InChI=1S/C10H13NO/c1-7(2)9-5-4-6-11-10(9)8(3)12/h4-7H,1-3H3. The van der Waals surface area contributed by atoms with Gasteiger partial charge in [-0.1, -0.05) is 19.9 Å². The molecule has 1 aromatic heterocycles. The second kappa shape index (κ2) is 3.48. The lowest BCUT2D eigenvalue weighted by atomic mass is 10.00. The van der Waals surface area contributed by atoms with Crippen LogP contribution < -0.4 is 0 Å². The highest BCUT2D eigenvalue weighted by molar-refractivity contribution is 5.93. The van der Waals surface area contributed by atoms with E-state index >= 15 is 0 Å². The Bertz CT molecular complexity index is 292. The lowest BCUT2D eigenvalue weighted by Crippen LogP contribution is -2.03. The van der Waals surface area contributed by atoms with Crippen molar-refractivity contribution >= 4 is 5.78 Å². The normalized spacial score (nSPS) is 10.3. The highest BCUT2D eigenvalue weighted by atomic mass is 16.1. The van der Waals surface area contributed by atoms with Crippen LogP contribution in [0.2, 0.25) is 0 Å². The van der Waals surface area contributed by atoms with Crippen LogP contribution >= 0.6 is 0 Å². The molecule has 0 N–H and O–H groups in total. The monoisotopic (exact) mass is 163 g/mol. The maximum absolute atomic E-state index is 11.1. The van der Waals surface area contributed by atoms with Crippen molar-refractivity contribution in [3.05, 3.63) is 29.6 Å². The molecule has 0 saturated carbocycles. The van der Waals surface area contributed by atoms with E-state index < -0.39 is 0 Å². The van der Waals surface area contributed by atoms with Gasteiger partial charge in [0.2, 0.25) is 0 Å². The number of rotatable bonds is 2. The molecular weight excluding hydrogens is 150 g/mol. The van der Waals surface area contributed by atoms with Crippen molar-refractivity contribution in [2.45, 2.75) is 26.7 Å². The molecule has 0 aliphatic rings. The first-order valence-corrected chi connectivity index (χ1v) is 4.08. The summed E-state index contributed by atoms with van der Waals surface area (Å²) in [6, 6.07) is 3.82. The van der Waals surface area contributed by atoms with Gasteiger partial charge in [-0.3, -0.25) is 9.78 Å². The number of carbonyl (C=O) groups excluding carboxylic acids is 1. The van der Waals surface area contributed by atoms with Crippen LogP contribution in [-0.2, 0) is 0 Å². The van der Waals surface area contributed by atoms with Crippen molar-refractivity contribution < 1.29 is 4.79 Å². The van der Waals surface area contributed by atoms with Crippen LogP contribution in [-0.4, -0.2) is 10.8 Å². The van der Waals surface area contributed by atoms with Gasteiger partial charge in [0.15, 0.2) is 5.78 Å². The summed E-state index contributed by atoms with van der Waals surface area (Å²) in [5, 5.41) is 0. The maximum Gasteiger partial charge on any atom is 0.178 e. The summed E-state index contributed by atoms with van der Waals surface area (Å²) in [6.07, 6.45) is 1.66. The van der Waals surface area contributed by atoms with Crippen LogP contribution in [0.25, 0.3) is 0 Å². The molecule has 1 aromatic rings. The van der Waals surface area contributed by atoms with Crippen molar-refractivity contribution in [2.75, 3.05) is 0 Å². The number of nitrogens with zero attached hydrogens (tertiary/aromatic N) is 1. The topological polar surface area (TPSA) is 30.0 Å². The van der Waals surface area contributed by atoms with Crippen LogP contribution in [0.1, 0.15) is 42.7 Å². The molecule has 12 heavy (non-hydrogen) atoms. The number of Topliss-reactive ketones (excluding diaryl/α,β-unsaturated/α-hetero) is 1. The molecule has 1 heterocycles. The Morgan fingerprint density at radius 1 is 1.50 bits per heavy atom. The average molecular weight is 163 g/mol. The third kappa shape index (κ3) is 1.70. The molecule has 0 radical (unpaired) electrons. The van der Waals surface area contributed by atoms with Gasteiger partial charge >= 0.3 is 0 Å². The van der Waals surface area contributed by atoms with E-state index in [9.17, 15) is 4.79 Å². The lowest BCUT2D eigenvalue weighted by Gasteiger charge is -2.07. The largest absolute Gasteiger partial charge is 0.293 e. The van der Waals surface area contributed by atoms with Gasteiger partial charge in [0.1, 0.15) is 5.69 Å². The van der Waals surface area contributed by atoms with Crippen molar-refractivity contribution in [2.24, 2.45) is 0 Å². The zero-order valence-corrected chi connectivity index (χ0v) is 7.66. The third-order valence-corrected chi connectivity index (χ3v) is 1.79. The summed E-state index contributed by atoms with van der Waals surface area (Å²) in [7, 11) is 0. The zero-order chi connectivity index (χ0) is 9.14. The molecule has 0 aromatic carbocycles. The van der Waals surface area contributed by atoms with Gasteiger partial charge in [-0.25, -0.2) is 0 Å². The van der Waals surface area contributed by atoms with Gasteiger partial charge in [0, 0.05) is 13.1 Å². The minimum atomic E-state index is 0.0410.